The number of quaternary nitrogens is 1. The van der Waals surface area contributed by atoms with Crippen LogP contribution >= 0.6 is 0 Å². The van der Waals surface area contributed by atoms with Crippen molar-refractivity contribution < 1.29 is 26.5 Å². The molecular weight excluding hydrogens is 350 g/mol. The molecule has 26 heavy (non-hydrogen) atoms. The molecule has 2 aromatic rings. The minimum atomic E-state index is -0.0918. The van der Waals surface area contributed by atoms with E-state index in [1.807, 2.05) is 67.5 Å². The van der Waals surface area contributed by atoms with Crippen molar-refractivity contribution in [3.05, 3.63) is 60.2 Å². The Morgan fingerprint density at radius 2 is 1.65 bits per heavy atom. The van der Waals surface area contributed by atoms with Gasteiger partial charge in [0.15, 0.2) is 13.1 Å². The summed E-state index contributed by atoms with van der Waals surface area (Å²) in [4.78, 5) is 26.9. The maximum absolute atomic E-state index is 12.7. The summed E-state index contributed by atoms with van der Waals surface area (Å²) in [6.45, 7) is 1.25. The number of para-hydroxylation sites is 2. The third kappa shape index (κ3) is 4.84. The van der Waals surface area contributed by atoms with Gasteiger partial charge in [-0.25, -0.2) is 0 Å². The number of benzene rings is 2. The van der Waals surface area contributed by atoms with Gasteiger partial charge in [0.1, 0.15) is 0 Å². The fourth-order valence-electron chi connectivity index (χ4n) is 3.22. The molecule has 0 aromatic heterocycles. The van der Waals surface area contributed by atoms with Crippen molar-refractivity contribution in [3.8, 4) is 0 Å². The number of rotatable bonds is 5. The number of halogens is 1. The van der Waals surface area contributed by atoms with Gasteiger partial charge in [0.05, 0.1) is 14.1 Å². The number of amides is 2. The zero-order valence-corrected chi connectivity index (χ0v) is 15.9. The van der Waals surface area contributed by atoms with Crippen molar-refractivity contribution in [2.24, 2.45) is 0 Å². The first-order valence-corrected chi connectivity index (χ1v) is 8.50. The first kappa shape index (κ1) is 19.9. The van der Waals surface area contributed by atoms with Crippen LogP contribution in [-0.4, -0.2) is 50.0 Å². The predicted octanol–water partition coefficient (Wildman–Crippen LogP) is -0.705. The summed E-state index contributed by atoms with van der Waals surface area (Å²) >= 11 is 0. The Balaban J connectivity index is 0.00000243. The molecule has 1 N–H and O–H groups in total. The SMILES string of the molecule is C[N+](C)(CC(=O)Nc1ccccc1)CC(=O)N1CCc2ccccc21.[Cl-]. The molecule has 1 heterocycles. The number of hydrogen-bond donors (Lipinski definition) is 1. The Kier molecular flexibility index (Phi) is 6.40. The molecule has 0 spiro atoms. The van der Waals surface area contributed by atoms with E-state index in [2.05, 4.69) is 11.4 Å². The lowest BCUT2D eigenvalue weighted by Gasteiger charge is -2.30. The van der Waals surface area contributed by atoms with E-state index < -0.39 is 0 Å². The number of nitrogens with one attached hydrogen (secondary N) is 1. The molecule has 0 saturated heterocycles. The molecule has 1 aliphatic rings. The molecule has 2 amide bonds. The van der Waals surface area contributed by atoms with E-state index in [9.17, 15) is 9.59 Å². The number of likely N-dealkylation sites (N-methyl/N-ethyl adjacent to an activating group) is 1. The van der Waals surface area contributed by atoms with Crippen LogP contribution in [0.3, 0.4) is 0 Å². The molecule has 138 valence electrons. The normalized spacial score (nSPS) is 12.9. The van der Waals surface area contributed by atoms with Gasteiger partial charge < -0.3 is 27.1 Å². The van der Waals surface area contributed by atoms with E-state index in [0.717, 1.165) is 17.8 Å². The first-order valence-electron chi connectivity index (χ1n) is 8.50. The van der Waals surface area contributed by atoms with E-state index in [0.29, 0.717) is 11.0 Å². The highest BCUT2D eigenvalue weighted by Crippen LogP contribution is 2.27. The van der Waals surface area contributed by atoms with Gasteiger partial charge in [-0.1, -0.05) is 36.4 Å². The van der Waals surface area contributed by atoms with E-state index in [1.165, 1.54) is 5.56 Å². The predicted molar refractivity (Wildman–Crippen MR) is 99.4 cm³/mol. The third-order valence-electron chi connectivity index (χ3n) is 4.38. The summed E-state index contributed by atoms with van der Waals surface area (Å²) in [6, 6.07) is 17.4. The largest absolute Gasteiger partial charge is 1.00 e. The molecule has 0 radical (unpaired) electrons. The summed E-state index contributed by atoms with van der Waals surface area (Å²) in [6.07, 6.45) is 0.893. The lowest BCUT2D eigenvalue weighted by molar-refractivity contribution is -0.874. The zero-order chi connectivity index (χ0) is 17.9. The fraction of sp³-hybridized carbons (Fsp3) is 0.300. The summed E-state index contributed by atoms with van der Waals surface area (Å²) in [7, 11) is 3.81. The minimum Gasteiger partial charge on any atom is -1.00 e. The van der Waals surface area contributed by atoms with Crippen LogP contribution in [0.1, 0.15) is 5.56 Å². The van der Waals surface area contributed by atoms with Crippen LogP contribution in [0.2, 0.25) is 0 Å². The Morgan fingerprint density at radius 3 is 2.38 bits per heavy atom. The van der Waals surface area contributed by atoms with Crippen molar-refractivity contribution in [2.75, 3.05) is 43.9 Å². The molecule has 0 aliphatic carbocycles. The van der Waals surface area contributed by atoms with Crippen LogP contribution in [-0.2, 0) is 16.0 Å². The van der Waals surface area contributed by atoms with Crippen molar-refractivity contribution in [3.63, 3.8) is 0 Å². The maximum atomic E-state index is 12.7. The number of nitrogens with zero attached hydrogens (tertiary/aromatic N) is 2. The second kappa shape index (κ2) is 8.34. The van der Waals surface area contributed by atoms with E-state index in [4.69, 9.17) is 0 Å². The molecular formula is C20H24ClN3O2. The molecule has 1 aliphatic heterocycles. The molecule has 3 rings (SSSR count). The minimum absolute atomic E-state index is 0. The lowest BCUT2D eigenvalue weighted by atomic mass is 10.2. The van der Waals surface area contributed by atoms with Gasteiger partial charge in [0.2, 0.25) is 0 Å². The first-order chi connectivity index (χ1) is 11.9. The van der Waals surface area contributed by atoms with Crippen molar-refractivity contribution in [2.45, 2.75) is 6.42 Å². The van der Waals surface area contributed by atoms with Crippen molar-refractivity contribution in [1.29, 1.82) is 0 Å². The van der Waals surface area contributed by atoms with Gasteiger partial charge in [0, 0.05) is 17.9 Å². The van der Waals surface area contributed by atoms with Gasteiger partial charge in [0.25, 0.3) is 11.8 Å². The molecule has 0 saturated carbocycles. The van der Waals surface area contributed by atoms with E-state index in [-0.39, 0.29) is 37.3 Å². The van der Waals surface area contributed by atoms with E-state index >= 15 is 0 Å². The van der Waals surface area contributed by atoms with Crippen LogP contribution < -0.4 is 22.6 Å². The average Bonchev–Trinajstić information content (AvgIpc) is 2.98. The molecule has 0 bridgehead atoms. The van der Waals surface area contributed by atoms with Gasteiger partial charge in [-0.2, -0.15) is 0 Å². The summed E-state index contributed by atoms with van der Waals surface area (Å²) in [5.74, 6) is -0.0340. The standard InChI is InChI=1S/C20H23N3O2.ClH/c1-23(2,14-19(24)21-17-9-4-3-5-10-17)15-20(25)22-13-12-16-8-6-7-11-18(16)22;/h3-11H,12-15H2,1-2H3;1H. The monoisotopic (exact) mass is 373 g/mol. The van der Waals surface area contributed by atoms with Gasteiger partial charge in [-0.15, -0.1) is 0 Å². The zero-order valence-electron chi connectivity index (χ0n) is 15.1. The number of carbonyl (C=O) groups excluding carboxylic acids is 2. The molecule has 0 unspecified atom stereocenters. The van der Waals surface area contributed by atoms with Gasteiger partial charge in [-0.3, -0.25) is 9.59 Å². The summed E-state index contributed by atoms with van der Waals surface area (Å²) < 4.78 is 0.316. The Morgan fingerprint density at radius 1 is 1.00 bits per heavy atom. The maximum Gasteiger partial charge on any atom is 0.282 e. The Labute approximate surface area is 160 Å². The quantitative estimate of drug-likeness (QED) is 0.704. The number of fused-ring (bicyclic) bond motifs is 1. The second-order valence-corrected chi connectivity index (χ2v) is 7.09. The molecule has 6 heteroatoms. The molecule has 0 atom stereocenters. The third-order valence-corrected chi connectivity index (χ3v) is 4.38. The smallest absolute Gasteiger partial charge is 0.282 e. The van der Waals surface area contributed by atoms with Gasteiger partial charge >= 0.3 is 0 Å². The van der Waals surface area contributed by atoms with Crippen LogP contribution in [0.5, 0.6) is 0 Å². The highest BCUT2D eigenvalue weighted by molar-refractivity contribution is 5.96. The second-order valence-electron chi connectivity index (χ2n) is 7.09. The van der Waals surface area contributed by atoms with Crippen LogP contribution in [0.25, 0.3) is 0 Å². The summed E-state index contributed by atoms with van der Waals surface area (Å²) in [5, 5.41) is 2.88. The number of anilines is 2. The topological polar surface area (TPSA) is 49.4 Å². The summed E-state index contributed by atoms with van der Waals surface area (Å²) in [5.41, 5.74) is 2.98. The average molecular weight is 374 g/mol. The van der Waals surface area contributed by atoms with E-state index in [1.54, 1.807) is 0 Å². The van der Waals surface area contributed by atoms with Crippen LogP contribution in [0.15, 0.2) is 54.6 Å². The molecule has 2 aromatic carbocycles. The van der Waals surface area contributed by atoms with Crippen LogP contribution in [0.4, 0.5) is 11.4 Å². The Hall–Kier alpha value is -2.37. The highest BCUT2D eigenvalue weighted by atomic mass is 35.5. The van der Waals surface area contributed by atoms with Crippen molar-refractivity contribution in [1.82, 2.24) is 0 Å². The Bertz CT molecular complexity index is 778. The molecule has 0 fully saturated rings. The fourth-order valence-corrected chi connectivity index (χ4v) is 3.22. The molecule has 5 nitrogen and oxygen atoms in total. The number of hydrogen-bond acceptors (Lipinski definition) is 2. The van der Waals surface area contributed by atoms with Crippen LogP contribution in [0, 0.1) is 0 Å². The lowest BCUT2D eigenvalue weighted by Crippen LogP contribution is -3.00. The number of carbonyl (C=O) groups is 2. The highest BCUT2D eigenvalue weighted by Gasteiger charge is 2.30. The van der Waals surface area contributed by atoms with Crippen molar-refractivity contribution >= 4 is 23.2 Å². The van der Waals surface area contributed by atoms with Gasteiger partial charge in [-0.05, 0) is 30.2 Å².